The van der Waals surface area contributed by atoms with Crippen LogP contribution in [0.4, 0.5) is 5.69 Å². The first-order valence-electron chi connectivity index (χ1n) is 5.98. The second kappa shape index (κ2) is 5.77. The molecular weight excluding hydrogens is 218 g/mol. The molecule has 0 aromatic heterocycles. The monoisotopic (exact) mass is 237 g/mol. The predicted octanol–water partition coefficient (Wildman–Crippen LogP) is 1.93. The molecule has 2 rings (SSSR count). The lowest BCUT2D eigenvalue weighted by Gasteiger charge is -2.30. The highest BCUT2D eigenvalue weighted by molar-refractivity contribution is 5.61. The summed E-state index contributed by atoms with van der Waals surface area (Å²) >= 11 is 0. The van der Waals surface area contributed by atoms with Gasteiger partial charge in [-0.15, -0.1) is 0 Å². The van der Waals surface area contributed by atoms with Crippen molar-refractivity contribution in [2.75, 3.05) is 44.9 Å². The third kappa shape index (κ3) is 2.82. The zero-order valence-corrected chi connectivity index (χ0v) is 10.4. The number of hydrogen-bond acceptors (Lipinski definition) is 4. The molecule has 0 unspecified atom stereocenters. The van der Waals surface area contributed by atoms with Gasteiger partial charge in [0.1, 0.15) is 11.5 Å². The third-order valence-corrected chi connectivity index (χ3v) is 2.81. The molecule has 94 valence electrons. The summed E-state index contributed by atoms with van der Waals surface area (Å²) in [4.78, 5) is 2.27. The van der Waals surface area contributed by atoms with Crippen molar-refractivity contribution in [2.24, 2.45) is 0 Å². The Hall–Kier alpha value is -1.42. The molecule has 1 aliphatic heterocycles. The van der Waals surface area contributed by atoms with Crippen molar-refractivity contribution in [1.29, 1.82) is 0 Å². The molecule has 0 amide bonds. The Morgan fingerprint density at radius 3 is 2.71 bits per heavy atom. The molecule has 0 N–H and O–H groups in total. The molecule has 4 heteroatoms. The van der Waals surface area contributed by atoms with E-state index in [1.54, 1.807) is 7.11 Å². The summed E-state index contributed by atoms with van der Waals surface area (Å²) < 4.78 is 16.3. The van der Waals surface area contributed by atoms with Crippen LogP contribution in [0.1, 0.15) is 6.92 Å². The maximum absolute atomic E-state index is 5.52. The van der Waals surface area contributed by atoms with Gasteiger partial charge in [0.15, 0.2) is 0 Å². The maximum Gasteiger partial charge on any atom is 0.142 e. The second-order valence-electron chi connectivity index (χ2n) is 3.87. The van der Waals surface area contributed by atoms with E-state index in [1.165, 1.54) is 0 Å². The van der Waals surface area contributed by atoms with Crippen LogP contribution >= 0.6 is 0 Å². The largest absolute Gasteiger partial charge is 0.495 e. The Morgan fingerprint density at radius 1 is 1.29 bits per heavy atom. The van der Waals surface area contributed by atoms with Crippen molar-refractivity contribution in [3.8, 4) is 11.5 Å². The molecule has 0 bridgehead atoms. The lowest BCUT2D eigenvalue weighted by atomic mass is 10.2. The van der Waals surface area contributed by atoms with Crippen LogP contribution in [0.15, 0.2) is 18.2 Å². The number of hydrogen-bond donors (Lipinski definition) is 0. The SMILES string of the molecule is CCOc1ccc(OC)c(N2CCOCC2)c1. The molecule has 17 heavy (non-hydrogen) atoms. The number of anilines is 1. The van der Waals surface area contributed by atoms with Gasteiger partial charge < -0.3 is 19.1 Å². The van der Waals surface area contributed by atoms with Crippen molar-refractivity contribution in [3.63, 3.8) is 0 Å². The number of rotatable bonds is 4. The molecule has 0 atom stereocenters. The van der Waals surface area contributed by atoms with Crippen molar-refractivity contribution >= 4 is 5.69 Å². The topological polar surface area (TPSA) is 30.9 Å². The average Bonchev–Trinajstić information content (AvgIpc) is 2.40. The summed E-state index contributed by atoms with van der Waals surface area (Å²) in [7, 11) is 1.69. The summed E-state index contributed by atoms with van der Waals surface area (Å²) in [6, 6.07) is 5.93. The highest BCUT2D eigenvalue weighted by Gasteiger charge is 2.16. The normalized spacial score (nSPS) is 15.8. The van der Waals surface area contributed by atoms with E-state index in [0.717, 1.165) is 43.5 Å². The first-order valence-corrected chi connectivity index (χ1v) is 5.98. The molecule has 0 aliphatic carbocycles. The molecule has 1 aromatic carbocycles. The van der Waals surface area contributed by atoms with Gasteiger partial charge in [-0.3, -0.25) is 0 Å². The summed E-state index contributed by atoms with van der Waals surface area (Å²) in [5, 5.41) is 0. The van der Waals surface area contributed by atoms with Crippen molar-refractivity contribution in [2.45, 2.75) is 6.92 Å². The van der Waals surface area contributed by atoms with Gasteiger partial charge in [0, 0.05) is 19.2 Å². The van der Waals surface area contributed by atoms with E-state index in [2.05, 4.69) is 4.90 Å². The Labute approximate surface area is 102 Å². The van der Waals surface area contributed by atoms with Crippen molar-refractivity contribution in [1.82, 2.24) is 0 Å². The van der Waals surface area contributed by atoms with Crippen molar-refractivity contribution < 1.29 is 14.2 Å². The first-order chi connectivity index (χ1) is 8.35. The van der Waals surface area contributed by atoms with E-state index in [0.29, 0.717) is 6.61 Å². The fourth-order valence-corrected chi connectivity index (χ4v) is 1.98. The predicted molar refractivity (Wildman–Crippen MR) is 67.2 cm³/mol. The molecule has 1 fully saturated rings. The lowest BCUT2D eigenvalue weighted by Crippen LogP contribution is -2.36. The zero-order chi connectivity index (χ0) is 12.1. The maximum atomic E-state index is 5.52. The van der Waals surface area contributed by atoms with Gasteiger partial charge in [0.2, 0.25) is 0 Å². The molecule has 0 saturated carbocycles. The van der Waals surface area contributed by atoms with E-state index in [9.17, 15) is 0 Å². The van der Waals surface area contributed by atoms with Crippen LogP contribution in [-0.2, 0) is 4.74 Å². The minimum absolute atomic E-state index is 0.675. The fourth-order valence-electron chi connectivity index (χ4n) is 1.98. The Balaban J connectivity index is 2.24. The first kappa shape index (κ1) is 12.0. The summed E-state index contributed by atoms with van der Waals surface area (Å²) in [6.07, 6.45) is 0. The number of ether oxygens (including phenoxy) is 3. The van der Waals surface area contributed by atoms with E-state index in [-0.39, 0.29) is 0 Å². The Kier molecular flexibility index (Phi) is 4.09. The molecular formula is C13H19NO3. The van der Waals surface area contributed by atoms with Gasteiger partial charge in [-0.2, -0.15) is 0 Å². The van der Waals surface area contributed by atoms with E-state index >= 15 is 0 Å². The number of nitrogens with zero attached hydrogens (tertiary/aromatic N) is 1. The van der Waals surface area contributed by atoms with Crippen LogP contribution in [0.3, 0.4) is 0 Å². The van der Waals surface area contributed by atoms with Crippen LogP contribution in [0.2, 0.25) is 0 Å². The van der Waals surface area contributed by atoms with Gasteiger partial charge in [-0.05, 0) is 19.1 Å². The summed E-state index contributed by atoms with van der Waals surface area (Å²) in [5.74, 6) is 1.77. The number of morpholine rings is 1. The van der Waals surface area contributed by atoms with Gasteiger partial charge in [0.25, 0.3) is 0 Å². The van der Waals surface area contributed by atoms with E-state index < -0.39 is 0 Å². The summed E-state index contributed by atoms with van der Waals surface area (Å²) in [6.45, 7) is 5.98. The van der Waals surface area contributed by atoms with Crippen LogP contribution in [0.5, 0.6) is 11.5 Å². The van der Waals surface area contributed by atoms with Crippen molar-refractivity contribution in [3.05, 3.63) is 18.2 Å². The second-order valence-corrected chi connectivity index (χ2v) is 3.87. The zero-order valence-electron chi connectivity index (χ0n) is 10.4. The smallest absolute Gasteiger partial charge is 0.142 e. The summed E-state index contributed by atoms with van der Waals surface area (Å²) in [5.41, 5.74) is 1.08. The molecule has 1 saturated heterocycles. The molecule has 1 aromatic rings. The minimum Gasteiger partial charge on any atom is -0.495 e. The van der Waals surface area contributed by atoms with Crippen LogP contribution in [-0.4, -0.2) is 40.0 Å². The quantitative estimate of drug-likeness (QED) is 0.800. The van der Waals surface area contributed by atoms with Gasteiger partial charge >= 0.3 is 0 Å². The Bertz CT molecular complexity index is 362. The lowest BCUT2D eigenvalue weighted by molar-refractivity contribution is 0.122. The number of benzene rings is 1. The minimum atomic E-state index is 0.675. The van der Waals surface area contributed by atoms with E-state index in [4.69, 9.17) is 14.2 Å². The van der Waals surface area contributed by atoms with E-state index in [1.807, 2.05) is 25.1 Å². The Morgan fingerprint density at radius 2 is 2.06 bits per heavy atom. The highest BCUT2D eigenvalue weighted by atomic mass is 16.5. The molecule has 1 aliphatic rings. The third-order valence-electron chi connectivity index (χ3n) is 2.81. The average molecular weight is 237 g/mol. The van der Waals surface area contributed by atoms with Gasteiger partial charge in [0.05, 0.1) is 32.6 Å². The van der Waals surface area contributed by atoms with Crippen LogP contribution in [0, 0.1) is 0 Å². The van der Waals surface area contributed by atoms with Crippen LogP contribution < -0.4 is 14.4 Å². The standard InChI is InChI=1S/C13H19NO3/c1-3-17-11-4-5-13(15-2)12(10-11)14-6-8-16-9-7-14/h4-5,10H,3,6-9H2,1-2H3. The molecule has 4 nitrogen and oxygen atoms in total. The fraction of sp³-hybridized carbons (Fsp3) is 0.538. The molecule has 0 radical (unpaired) electrons. The molecule has 0 spiro atoms. The molecule has 1 heterocycles. The van der Waals surface area contributed by atoms with Gasteiger partial charge in [-0.25, -0.2) is 0 Å². The highest BCUT2D eigenvalue weighted by Crippen LogP contribution is 2.32. The van der Waals surface area contributed by atoms with Crippen LogP contribution in [0.25, 0.3) is 0 Å². The number of methoxy groups -OCH3 is 1. The van der Waals surface area contributed by atoms with Gasteiger partial charge in [-0.1, -0.05) is 0 Å².